The molecule has 0 aliphatic rings. The van der Waals surface area contributed by atoms with E-state index < -0.39 is 0 Å². The van der Waals surface area contributed by atoms with Gasteiger partial charge in [0.05, 0.1) is 19.1 Å². The van der Waals surface area contributed by atoms with Crippen LogP contribution in [0.25, 0.3) is 0 Å². The first-order chi connectivity index (χ1) is 8.24. The number of nitrogens with zero attached hydrogens (tertiary/aromatic N) is 2. The standard InChI is InChI=1S/C13H19N3O/c1-11(2)6-15-7-12-5-13(17-9-12)8-16-4-3-14-10-16/h3-5,9-11,15H,6-8H2,1-2H3. The van der Waals surface area contributed by atoms with E-state index in [1.165, 1.54) is 5.56 Å². The van der Waals surface area contributed by atoms with Crippen LogP contribution in [0.4, 0.5) is 0 Å². The van der Waals surface area contributed by atoms with E-state index in [0.29, 0.717) is 5.92 Å². The molecule has 2 aromatic heterocycles. The van der Waals surface area contributed by atoms with Crippen LogP contribution in [-0.4, -0.2) is 16.1 Å². The van der Waals surface area contributed by atoms with Crippen molar-refractivity contribution in [1.29, 1.82) is 0 Å². The Hall–Kier alpha value is -1.55. The molecule has 2 aromatic rings. The molecule has 0 amide bonds. The zero-order chi connectivity index (χ0) is 12.1. The van der Waals surface area contributed by atoms with Gasteiger partial charge in [-0.3, -0.25) is 0 Å². The molecule has 4 nitrogen and oxygen atoms in total. The molecule has 0 aromatic carbocycles. The van der Waals surface area contributed by atoms with Gasteiger partial charge in [0, 0.05) is 24.5 Å². The van der Waals surface area contributed by atoms with Crippen LogP contribution in [0.5, 0.6) is 0 Å². The van der Waals surface area contributed by atoms with Crippen molar-refractivity contribution in [2.45, 2.75) is 26.9 Å². The molecule has 0 saturated heterocycles. The Morgan fingerprint density at radius 1 is 1.47 bits per heavy atom. The van der Waals surface area contributed by atoms with Gasteiger partial charge in [0.25, 0.3) is 0 Å². The summed E-state index contributed by atoms with van der Waals surface area (Å²) in [6.45, 7) is 7.04. The van der Waals surface area contributed by atoms with E-state index in [0.717, 1.165) is 25.4 Å². The first kappa shape index (κ1) is 11.9. The highest BCUT2D eigenvalue weighted by Crippen LogP contribution is 2.09. The third kappa shape index (κ3) is 3.75. The lowest BCUT2D eigenvalue weighted by Gasteiger charge is -2.04. The first-order valence-electron chi connectivity index (χ1n) is 5.97. The van der Waals surface area contributed by atoms with Gasteiger partial charge in [0.15, 0.2) is 0 Å². The largest absolute Gasteiger partial charge is 0.467 e. The second kappa shape index (κ2) is 5.68. The topological polar surface area (TPSA) is 43.0 Å². The summed E-state index contributed by atoms with van der Waals surface area (Å²) in [6.07, 6.45) is 7.31. The third-order valence-corrected chi connectivity index (χ3v) is 2.49. The maximum atomic E-state index is 5.51. The van der Waals surface area contributed by atoms with E-state index in [1.807, 2.05) is 17.0 Å². The molecule has 4 heteroatoms. The van der Waals surface area contributed by atoms with Crippen molar-refractivity contribution in [3.8, 4) is 0 Å². The lowest BCUT2D eigenvalue weighted by atomic mass is 10.2. The molecule has 2 heterocycles. The fraction of sp³-hybridized carbons (Fsp3) is 0.462. The smallest absolute Gasteiger partial charge is 0.123 e. The minimum Gasteiger partial charge on any atom is -0.467 e. The Morgan fingerprint density at radius 3 is 3.06 bits per heavy atom. The summed E-state index contributed by atoms with van der Waals surface area (Å²) in [6, 6.07) is 2.09. The van der Waals surface area contributed by atoms with E-state index >= 15 is 0 Å². The van der Waals surface area contributed by atoms with Crippen LogP contribution in [0.2, 0.25) is 0 Å². The molecule has 0 saturated carbocycles. The van der Waals surface area contributed by atoms with Crippen LogP contribution < -0.4 is 5.32 Å². The minimum atomic E-state index is 0.673. The first-order valence-corrected chi connectivity index (χ1v) is 5.97. The fourth-order valence-electron chi connectivity index (χ4n) is 1.67. The van der Waals surface area contributed by atoms with E-state index in [4.69, 9.17) is 4.42 Å². The van der Waals surface area contributed by atoms with Crippen molar-refractivity contribution in [3.63, 3.8) is 0 Å². The average Bonchev–Trinajstić information content (AvgIpc) is 2.90. The molecule has 17 heavy (non-hydrogen) atoms. The van der Waals surface area contributed by atoms with Crippen LogP contribution in [0.1, 0.15) is 25.2 Å². The van der Waals surface area contributed by atoms with E-state index in [-0.39, 0.29) is 0 Å². The highest BCUT2D eigenvalue weighted by molar-refractivity contribution is 5.13. The number of imidazole rings is 1. The Bertz CT molecular complexity index is 431. The minimum absolute atomic E-state index is 0.673. The molecule has 2 rings (SSSR count). The van der Waals surface area contributed by atoms with Crippen molar-refractivity contribution in [2.24, 2.45) is 5.92 Å². The van der Waals surface area contributed by atoms with Crippen LogP contribution in [0.3, 0.4) is 0 Å². The van der Waals surface area contributed by atoms with Crippen molar-refractivity contribution in [2.75, 3.05) is 6.54 Å². The van der Waals surface area contributed by atoms with Crippen LogP contribution in [0.15, 0.2) is 35.5 Å². The molecule has 0 fully saturated rings. The quantitative estimate of drug-likeness (QED) is 0.832. The SMILES string of the molecule is CC(C)CNCc1coc(Cn2ccnc2)c1. The zero-order valence-electron chi connectivity index (χ0n) is 10.4. The highest BCUT2D eigenvalue weighted by atomic mass is 16.3. The second-order valence-electron chi connectivity index (χ2n) is 4.68. The van der Waals surface area contributed by atoms with E-state index in [9.17, 15) is 0 Å². The molecular weight excluding hydrogens is 214 g/mol. The van der Waals surface area contributed by atoms with E-state index in [1.54, 1.807) is 12.5 Å². The second-order valence-corrected chi connectivity index (χ2v) is 4.68. The van der Waals surface area contributed by atoms with Crippen LogP contribution in [-0.2, 0) is 13.1 Å². The summed E-state index contributed by atoms with van der Waals surface area (Å²) < 4.78 is 7.50. The lowest BCUT2D eigenvalue weighted by Crippen LogP contribution is -2.18. The molecule has 0 unspecified atom stereocenters. The van der Waals surface area contributed by atoms with Crippen molar-refractivity contribution >= 4 is 0 Å². The molecule has 92 valence electrons. The van der Waals surface area contributed by atoms with Gasteiger partial charge < -0.3 is 14.3 Å². The molecule has 0 bridgehead atoms. The molecule has 0 aliphatic carbocycles. The average molecular weight is 233 g/mol. The summed E-state index contributed by atoms with van der Waals surface area (Å²) in [5.41, 5.74) is 1.20. The predicted octanol–water partition coefficient (Wildman–Crippen LogP) is 2.27. The molecular formula is C13H19N3O. The Kier molecular flexibility index (Phi) is 3.98. The maximum absolute atomic E-state index is 5.51. The number of hydrogen-bond acceptors (Lipinski definition) is 3. The Labute approximate surface area is 102 Å². The number of hydrogen-bond donors (Lipinski definition) is 1. The molecule has 0 spiro atoms. The number of nitrogens with one attached hydrogen (secondary N) is 1. The fourth-order valence-corrected chi connectivity index (χ4v) is 1.67. The Balaban J connectivity index is 1.83. The van der Waals surface area contributed by atoms with Gasteiger partial charge in [-0.25, -0.2) is 4.98 Å². The number of aromatic nitrogens is 2. The zero-order valence-corrected chi connectivity index (χ0v) is 10.4. The van der Waals surface area contributed by atoms with Crippen molar-refractivity contribution < 1.29 is 4.42 Å². The molecule has 0 aliphatic heterocycles. The van der Waals surface area contributed by atoms with Gasteiger partial charge in [-0.15, -0.1) is 0 Å². The monoisotopic (exact) mass is 233 g/mol. The lowest BCUT2D eigenvalue weighted by molar-refractivity contribution is 0.489. The molecule has 0 atom stereocenters. The van der Waals surface area contributed by atoms with Gasteiger partial charge in [0.2, 0.25) is 0 Å². The van der Waals surface area contributed by atoms with Gasteiger partial charge in [-0.05, 0) is 18.5 Å². The summed E-state index contributed by atoms with van der Waals surface area (Å²) in [4.78, 5) is 4.00. The van der Waals surface area contributed by atoms with Gasteiger partial charge in [0.1, 0.15) is 5.76 Å². The Morgan fingerprint density at radius 2 is 2.35 bits per heavy atom. The van der Waals surface area contributed by atoms with Crippen LogP contribution >= 0.6 is 0 Å². The normalized spacial score (nSPS) is 11.2. The van der Waals surface area contributed by atoms with Gasteiger partial charge >= 0.3 is 0 Å². The summed E-state index contributed by atoms with van der Waals surface area (Å²) in [5, 5.41) is 3.39. The maximum Gasteiger partial charge on any atom is 0.123 e. The van der Waals surface area contributed by atoms with Crippen molar-refractivity contribution in [3.05, 3.63) is 42.4 Å². The summed E-state index contributed by atoms with van der Waals surface area (Å²) >= 11 is 0. The molecule has 0 radical (unpaired) electrons. The summed E-state index contributed by atoms with van der Waals surface area (Å²) in [7, 11) is 0. The van der Waals surface area contributed by atoms with Crippen molar-refractivity contribution in [1.82, 2.24) is 14.9 Å². The molecule has 1 N–H and O–H groups in total. The summed E-state index contributed by atoms with van der Waals surface area (Å²) in [5.74, 6) is 1.64. The van der Waals surface area contributed by atoms with Crippen LogP contribution in [0, 0.1) is 5.92 Å². The highest BCUT2D eigenvalue weighted by Gasteiger charge is 2.02. The van der Waals surface area contributed by atoms with Gasteiger partial charge in [-0.2, -0.15) is 0 Å². The van der Waals surface area contributed by atoms with E-state index in [2.05, 4.69) is 30.2 Å². The predicted molar refractivity (Wildman–Crippen MR) is 66.6 cm³/mol. The number of furan rings is 1. The third-order valence-electron chi connectivity index (χ3n) is 2.49. The number of rotatable bonds is 6. The van der Waals surface area contributed by atoms with Gasteiger partial charge in [-0.1, -0.05) is 13.8 Å².